The van der Waals surface area contributed by atoms with Crippen LogP contribution in [-0.4, -0.2) is 5.11 Å². The van der Waals surface area contributed by atoms with Gasteiger partial charge in [-0.25, -0.2) is 0 Å². The maximum absolute atomic E-state index is 13.2. The summed E-state index contributed by atoms with van der Waals surface area (Å²) in [7, 11) is 0. The van der Waals surface area contributed by atoms with Crippen LogP contribution < -0.4 is 5.73 Å². The highest BCUT2D eigenvalue weighted by Crippen LogP contribution is 2.33. The third-order valence-corrected chi connectivity index (χ3v) is 3.04. The van der Waals surface area contributed by atoms with E-state index in [9.17, 15) is 4.39 Å². The van der Waals surface area contributed by atoms with Gasteiger partial charge in [-0.1, -0.05) is 12.1 Å². The molecule has 2 aromatic rings. The molecule has 3 N–H and O–H groups in total. The number of nitrogen functional groups attached to an aromatic ring is 1. The van der Waals surface area contributed by atoms with Crippen molar-refractivity contribution in [1.29, 1.82) is 0 Å². The molecular formula is C9H8FNOS. The number of rotatable bonds is 1. The first kappa shape index (κ1) is 8.47. The van der Waals surface area contributed by atoms with Crippen molar-refractivity contribution in [2.45, 2.75) is 6.61 Å². The monoisotopic (exact) mass is 197 g/mol. The Morgan fingerprint density at radius 1 is 1.46 bits per heavy atom. The van der Waals surface area contributed by atoms with Crippen LogP contribution in [0.25, 0.3) is 10.1 Å². The van der Waals surface area contributed by atoms with Crippen molar-refractivity contribution in [1.82, 2.24) is 0 Å². The molecule has 0 aliphatic heterocycles. The van der Waals surface area contributed by atoms with Gasteiger partial charge in [0.15, 0.2) is 5.13 Å². The number of thiophene rings is 1. The van der Waals surface area contributed by atoms with Gasteiger partial charge in [0.2, 0.25) is 0 Å². The molecule has 1 aromatic carbocycles. The van der Waals surface area contributed by atoms with Gasteiger partial charge >= 0.3 is 0 Å². The lowest BCUT2D eigenvalue weighted by atomic mass is 10.1. The van der Waals surface area contributed by atoms with Crippen molar-refractivity contribution in [2.75, 3.05) is 5.73 Å². The van der Waals surface area contributed by atoms with Crippen molar-refractivity contribution in [3.05, 3.63) is 28.9 Å². The van der Waals surface area contributed by atoms with Crippen molar-refractivity contribution in [3.8, 4) is 0 Å². The van der Waals surface area contributed by atoms with Gasteiger partial charge in [-0.3, -0.25) is 0 Å². The number of hydrogen-bond donors (Lipinski definition) is 2. The Balaban J connectivity index is 2.86. The van der Waals surface area contributed by atoms with Crippen LogP contribution in [-0.2, 0) is 6.61 Å². The number of fused-ring (bicyclic) bond motifs is 1. The van der Waals surface area contributed by atoms with E-state index >= 15 is 0 Å². The Morgan fingerprint density at radius 3 is 2.92 bits per heavy atom. The quantitative estimate of drug-likeness (QED) is 0.688. The van der Waals surface area contributed by atoms with Crippen LogP contribution in [0.5, 0.6) is 0 Å². The zero-order valence-electron chi connectivity index (χ0n) is 6.75. The Kier molecular flexibility index (Phi) is 1.94. The third-order valence-electron chi connectivity index (χ3n) is 1.96. The first-order valence-electron chi connectivity index (χ1n) is 3.80. The SMILES string of the molecule is Nc1cccc2c(CO)c(F)sc12. The topological polar surface area (TPSA) is 46.2 Å². The predicted octanol–water partition coefficient (Wildman–Crippen LogP) is 2.11. The van der Waals surface area contributed by atoms with Crippen LogP contribution in [0.2, 0.25) is 0 Å². The summed E-state index contributed by atoms with van der Waals surface area (Å²) < 4.78 is 13.9. The van der Waals surface area contributed by atoms with Gasteiger partial charge in [-0.2, -0.15) is 4.39 Å². The molecule has 4 heteroatoms. The summed E-state index contributed by atoms with van der Waals surface area (Å²) in [6.45, 7) is -0.282. The number of anilines is 1. The van der Waals surface area contributed by atoms with Gasteiger partial charge in [0.25, 0.3) is 0 Å². The number of halogens is 1. The minimum Gasteiger partial charge on any atom is -0.398 e. The van der Waals surface area contributed by atoms with Gasteiger partial charge in [-0.05, 0) is 6.07 Å². The normalized spacial score (nSPS) is 10.9. The Labute approximate surface area is 78.4 Å². The molecule has 2 rings (SSSR count). The summed E-state index contributed by atoms with van der Waals surface area (Å²) in [5, 5.41) is 9.28. The highest BCUT2D eigenvalue weighted by Gasteiger charge is 2.11. The molecule has 0 amide bonds. The van der Waals surface area contributed by atoms with E-state index in [4.69, 9.17) is 10.8 Å². The molecule has 13 heavy (non-hydrogen) atoms. The molecule has 0 atom stereocenters. The van der Waals surface area contributed by atoms with Crippen LogP contribution in [0.1, 0.15) is 5.56 Å². The minimum absolute atomic E-state index is 0.282. The molecule has 0 unspecified atom stereocenters. The fraction of sp³-hybridized carbons (Fsp3) is 0.111. The molecule has 0 radical (unpaired) electrons. The van der Waals surface area contributed by atoms with Crippen LogP contribution in [0.4, 0.5) is 10.1 Å². The van der Waals surface area contributed by atoms with Crippen LogP contribution in [0.15, 0.2) is 18.2 Å². The van der Waals surface area contributed by atoms with E-state index in [1.54, 1.807) is 18.2 Å². The van der Waals surface area contributed by atoms with Crippen molar-refractivity contribution in [2.24, 2.45) is 0 Å². The predicted molar refractivity (Wildman–Crippen MR) is 52.1 cm³/mol. The second-order valence-electron chi connectivity index (χ2n) is 2.74. The van der Waals surface area contributed by atoms with Crippen molar-refractivity contribution in [3.63, 3.8) is 0 Å². The van der Waals surface area contributed by atoms with E-state index in [1.807, 2.05) is 0 Å². The first-order valence-corrected chi connectivity index (χ1v) is 4.62. The van der Waals surface area contributed by atoms with E-state index in [1.165, 1.54) is 0 Å². The maximum Gasteiger partial charge on any atom is 0.183 e. The number of aliphatic hydroxyl groups excluding tert-OH is 1. The standard InChI is InChI=1S/C9H8FNOS/c10-9-6(4-12)5-2-1-3-7(11)8(5)13-9/h1-3,12H,4,11H2. The van der Waals surface area contributed by atoms with Gasteiger partial charge in [0, 0.05) is 16.6 Å². The lowest BCUT2D eigenvalue weighted by Crippen LogP contribution is -1.85. The molecule has 2 nitrogen and oxygen atoms in total. The van der Waals surface area contributed by atoms with Crippen molar-refractivity contribution < 1.29 is 9.50 Å². The molecule has 0 spiro atoms. The summed E-state index contributed by atoms with van der Waals surface area (Å²) >= 11 is 0.978. The van der Waals surface area contributed by atoms with E-state index in [2.05, 4.69) is 0 Å². The summed E-state index contributed by atoms with van der Waals surface area (Å²) in [6.07, 6.45) is 0. The van der Waals surface area contributed by atoms with E-state index in [-0.39, 0.29) is 11.7 Å². The van der Waals surface area contributed by atoms with E-state index in [0.717, 1.165) is 11.3 Å². The highest BCUT2D eigenvalue weighted by molar-refractivity contribution is 7.18. The van der Waals surface area contributed by atoms with Gasteiger partial charge in [0.1, 0.15) is 0 Å². The summed E-state index contributed by atoms with van der Waals surface area (Å²) in [6, 6.07) is 5.24. The van der Waals surface area contributed by atoms with Crippen LogP contribution >= 0.6 is 11.3 Å². The number of nitrogens with two attached hydrogens (primary N) is 1. The molecule has 0 aliphatic carbocycles. The highest BCUT2D eigenvalue weighted by atomic mass is 32.1. The molecule has 1 heterocycles. The zero-order valence-corrected chi connectivity index (χ0v) is 7.57. The number of benzene rings is 1. The minimum atomic E-state index is -0.351. The molecule has 0 saturated carbocycles. The van der Waals surface area contributed by atoms with Crippen LogP contribution in [0, 0.1) is 5.13 Å². The second-order valence-corrected chi connectivity index (χ2v) is 3.71. The zero-order chi connectivity index (χ0) is 9.42. The van der Waals surface area contributed by atoms with Gasteiger partial charge < -0.3 is 10.8 Å². The molecule has 0 saturated heterocycles. The lowest BCUT2D eigenvalue weighted by Gasteiger charge is -1.95. The molecule has 0 aliphatic rings. The van der Waals surface area contributed by atoms with E-state index < -0.39 is 0 Å². The molecule has 0 bridgehead atoms. The fourth-order valence-corrected chi connectivity index (χ4v) is 2.27. The Morgan fingerprint density at radius 2 is 2.23 bits per heavy atom. The fourth-order valence-electron chi connectivity index (χ4n) is 1.31. The molecule has 0 fully saturated rings. The number of aliphatic hydroxyl groups is 1. The Hall–Kier alpha value is -1.13. The van der Waals surface area contributed by atoms with Gasteiger partial charge in [0.05, 0.1) is 11.3 Å². The second kappa shape index (κ2) is 2.97. The van der Waals surface area contributed by atoms with Crippen molar-refractivity contribution >= 4 is 27.1 Å². The molecule has 68 valence electrons. The average Bonchev–Trinajstić information content (AvgIpc) is 2.43. The Bertz CT molecular complexity index is 452. The maximum atomic E-state index is 13.2. The summed E-state index contributed by atoms with van der Waals surface area (Å²) in [4.78, 5) is 0. The van der Waals surface area contributed by atoms with Crippen LogP contribution in [0.3, 0.4) is 0 Å². The number of hydrogen-bond acceptors (Lipinski definition) is 3. The lowest BCUT2D eigenvalue weighted by molar-refractivity contribution is 0.279. The average molecular weight is 197 g/mol. The molecule has 1 aromatic heterocycles. The third kappa shape index (κ3) is 1.18. The largest absolute Gasteiger partial charge is 0.398 e. The molecular weight excluding hydrogens is 189 g/mol. The summed E-state index contributed by atoms with van der Waals surface area (Å²) in [5.74, 6) is 0. The van der Waals surface area contributed by atoms with Gasteiger partial charge in [-0.15, -0.1) is 11.3 Å². The summed E-state index contributed by atoms with van der Waals surface area (Å²) in [5.41, 5.74) is 6.55. The smallest absolute Gasteiger partial charge is 0.183 e. The first-order chi connectivity index (χ1) is 6.24. The van der Waals surface area contributed by atoms with E-state index in [0.29, 0.717) is 21.3 Å².